The third-order valence-corrected chi connectivity index (χ3v) is 5.38. The molecule has 0 bridgehead atoms. The van der Waals surface area contributed by atoms with Crippen LogP contribution in [-0.2, 0) is 5.75 Å². The van der Waals surface area contributed by atoms with Crippen molar-refractivity contribution < 1.29 is 9.32 Å². The van der Waals surface area contributed by atoms with Crippen LogP contribution in [0.25, 0.3) is 0 Å². The summed E-state index contributed by atoms with van der Waals surface area (Å²) in [5.74, 6) is 0.865. The molecule has 1 aromatic carbocycles. The van der Waals surface area contributed by atoms with Crippen LogP contribution in [0.3, 0.4) is 0 Å². The Morgan fingerprint density at radius 1 is 1.32 bits per heavy atom. The molecule has 0 atom stereocenters. The quantitative estimate of drug-likeness (QED) is 0.540. The van der Waals surface area contributed by atoms with Crippen LogP contribution >= 0.6 is 23.1 Å². The molecule has 9 heteroatoms. The summed E-state index contributed by atoms with van der Waals surface area (Å²) in [7, 11) is 0. The number of anilines is 1. The van der Waals surface area contributed by atoms with Crippen molar-refractivity contribution in [2.45, 2.75) is 23.9 Å². The second-order valence-electron chi connectivity index (χ2n) is 5.12. The number of benzene rings is 1. The van der Waals surface area contributed by atoms with Gasteiger partial charge in [-0.25, -0.2) is 0 Å². The van der Waals surface area contributed by atoms with Crippen LogP contribution in [0, 0.1) is 25.2 Å². The first kappa shape index (κ1) is 17.1. The van der Waals surface area contributed by atoms with E-state index < -0.39 is 0 Å². The monoisotopic (exact) mass is 371 g/mol. The first-order valence-electron chi connectivity index (χ1n) is 7.26. The van der Waals surface area contributed by atoms with Gasteiger partial charge in [0.25, 0.3) is 5.91 Å². The van der Waals surface area contributed by atoms with Gasteiger partial charge in [0, 0.05) is 5.75 Å². The molecule has 0 radical (unpaired) electrons. The zero-order chi connectivity index (χ0) is 17.8. The summed E-state index contributed by atoms with van der Waals surface area (Å²) in [6.45, 7) is 3.40. The zero-order valence-corrected chi connectivity index (χ0v) is 15.1. The fraction of sp³-hybridized carbons (Fsp3) is 0.188. The van der Waals surface area contributed by atoms with Crippen molar-refractivity contribution in [3.05, 3.63) is 52.4 Å². The number of nitrogens with zero attached hydrogens (tertiary/aromatic N) is 4. The highest BCUT2D eigenvalue weighted by Crippen LogP contribution is 2.29. The molecule has 1 N–H and O–H groups in total. The highest BCUT2D eigenvalue weighted by Gasteiger charge is 2.19. The number of thioether (sulfide) groups is 1. The molecule has 3 rings (SSSR count). The van der Waals surface area contributed by atoms with E-state index in [4.69, 9.17) is 9.78 Å². The molecule has 0 unspecified atom stereocenters. The maximum Gasteiger partial charge on any atom is 0.263 e. The first-order chi connectivity index (χ1) is 12.1. The minimum atomic E-state index is -0.309. The molecule has 0 aliphatic heterocycles. The number of hydrogen-bond donors (Lipinski definition) is 1. The largest absolute Gasteiger partial charge is 0.361 e. The Hall–Kier alpha value is -2.70. The van der Waals surface area contributed by atoms with Gasteiger partial charge in [0.1, 0.15) is 11.3 Å². The summed E-state index contributed by atoms with van der Waals surface area (Å²) >= 11 is 2.82. The highest BCUT2D eigenvalue weighted by atomic mass is 32.2. The van der Waals surface area contributed by atoms with Crippen LogP contribution in [0.5, 0.6) is 0 Å². The summed E-state index contributed by atoms with van der Waals surface area (Å²) < 4.78 is 5.74. The number of nitrogens with one attached hydrogen (secondary N) is 1. The summed E-state index contributed by atoms with van der Waals surface area (Å²) in [6.07, 6.45) is 0. The van der Waals surface area contributed by atoms with Gasteiger partial charge in [0.15, 0.2) is 4.34 Å². The van der Waals surface area contributed by atoms with E-state index in [-0.39, 0.29) is 5.91 Å². The number of amides is 1. The predicted molar refractivity (Wildman–Crippen MR) is 94.6 cm³/mol. The molecule has 126 valence electrons. The van der Waals surface area contributed by atoms with E-state index in [0.717, 1.165) is 9.90 Å². The van der Waals surface area contributed by atoms with E-state index in [2.05, 4.69) is 26.7 Å². The smallest absolute Gasteiger partial charge is 0.263 e. The van der Waals surface area contributed by atoms with Gasteiger partial charge in [-0.05, 0) is 31.5 Å². The molecule has 3 aromatic rings. The molecular formula is C16H13N5O2S2. The lowest BCUT2D eigenvalue weighted by molar-refractivity contribution is 0.102. The average Bonchev–Trinajstić information content (AvgIpc) is 3.19. The molecule has 0 saturated carbocycles. The van der Waals surface area contributed by atoms with Crippen molar-refractivity contribution in [2.24, 2.45) is 0 Å². The number of hydrogen-bond acceptors (Lipinski definition) is 8. The molecule has 1 amide bonds. The molecule has 0 spiro atoms. The van der Waals surface area contributed by atoms with Crippen molar-refractivity contribution >= 4 is 34.1 Å². The Kier molecular flexibility index (Phi) is 5.11. The van der Waals surface area contributed by atoms with Gasteiger partial charge in [-0.15, -0.1) is 10.2 Å². The normalized spacial score (nSPS) is 10.4. The van der Waals surface area contributed by atoms with E-state index in [9.17, 15) is 4.79 Å². The fourth-order valence-corrected chi connectivity index (χ4v) is 3.81. The minimum Gasteiger partial charge on any atom is -0.361 e. The van der Waals surface area contributed by atoms with Gasteiger partial charge in [-0.2, -0.15) is 5.26 Å². The van der Waals surface area contributed by atoms with Crippen LogP contribution in [0.4, 0.5) is 5.13 Å². The van der Waals surface area contributed by atoms with E-state index in [1.165, 1.54) is 23.1 Å². The number of carbonyl (C=O) groups is 1. The van der Waals surface area contributed by atoms with Gasteiger partial charge in [-0.1, -0.05) is 40.4 Å². The van der Waals surface area contributed by atoms with E-state index in [0.29, 0.717) is 33.5 Å². The van der Waals surface area contributed by atoms with Gasteiger partial charge < -0.3 is 4.52 Å². The molecule has 0 saturated heterocycles. The zero-order valence-electron chi connectivity index (χ0n) is 13.4. The second kappa shape index (κ2) is 7.46. The Balaban J connectivity index is 1.60. The first-order valence-corrected chi connectivity index (χ1v) is 9.06. The second-order valence-corrected chi connectivity index (χ2v) is 7.32. The Labute approximate surface area is 152 Å². The Morgan fingerprint density at radius 2 is 2.08 bits per heavy atom. The van der Waals surface area contributed by atoms with Gasteiger partial charge in [-0.3, -0.25) is 10.1 Å². The van der Waals surface area contributed by atoms with E-state index in [1.807, 2.05) is 12.1 Å². The van der Waals surface area contributed by atoms with Gasteiger partial charge in [0.05, 0.1) is 17.3 Å². The summed E-state index contributed by atoms with van der Waals surface area (Å²) in [5, 5.41) is 23.8. The van der Waals surface area contributed by atoms with Gasteiger partial charge in [0.2, 0.25) is 5.13 Å². The third kappa shape index (κ3) is 4.04. The molecule has 2 aromatic heterocycles. The summed E-state index contributed by atoms with van der Waals surface area (Å²) in [5.41, 5.74) is 2.67. The van der Waals surface area contributed by atoms with Crippen molar-refractivity contribution in [2.75, 3.05) is 5.32 Å². The number of aromatic nitrogens is 3. The van der Waals surface area contributed by atoms with Crippen molar-refractivity contribution in [3.63, 3.8) is 0 Å². The van der Waals surface area contributed by atoms with Crippen LogP contribution in [0.1, 0.15) is 32.9 Å². The lowest BCUT2D eigenvalue weighted by atomic mass is 10.2. The van der Waals surface area contributed by atoms with Crippen LogP contribution in [-0.4, -0.2) is 21.3 Å². The topological polar surface area (TPSA) is 105 Å². The molecule has 25 heavy (non-hydrogen) atoms. The number of nitriles is 1. The number of carbonyl (C=O) groups excluding carboxylic acids is 1. The van der Waals surface area contributed by atoms with Crippen molar-refractivity contribution in [3.8, 4) is 6.07 Å². The predicted octanol–water partition coefficient (Wildman–Crippen LogP) is 3.56. The summed E-state index contributed by atoms with van der Waals surface area (Å²) in [6, 6.07) is 9.48. The Bertz CT molecular complexity index is 921. The van der Waals surface area contributed by atoms with Crippen LogP contribution < -0.4 is 5.32 Å². The molecule has 0 aliphatic carbocycles. The van der Waals surface area contributed by atoms with Crippen molar-refractivity contribution in [1.29, 1.82) is 5.26 Å². The lowest BCUT2D eigenvalue weighted by Gasteiger charge is -1.99. The average molecular weight is 371 g/mol. The van der Waals surface area contributed by atoms with E-state index in [1.54, 1.807) is 26.0 Å². The summed E-state index contributed by atoms with van der Waals surface area (Å²) in [4.78, 5) is 12.3. The molecular weight excluding hydrogens is 358 g/mol. The van der Waals surface area contributed by atoms with Crippen LogP contribution in [0.2, 0.25) is 0 Å². The Morgan fingerprint density at radius 3 is 2.72 bits per heavy atom. The van der Waals surface area contributed by atoms with Crippen molar-refractivity contribution in [1.82, 2.24) is 15.4 Å². The standard InChI is InChI=1S/C16H13N5O2S2/c1-9-13(10(2)23-21-9)14(22)18-15-19-20-16(25-15)24-8-12-5-3-11(7-17)4-6-12/h3-6H,8H2,1-2H3,(H,18,19,22). The number of aryl methyl sites for hydroxylation is 2. The minimum absolute atomic E-state index is 0.309. The SMILES string of the molecule is Cc1noc(C)c1C(=O)Nc1nnc(SCc2ccc(C#N)cc2)s1. The lowest BCUT2D eigenvalue weighted by Crippen LogP contribution is -2.13. The maximum absolute atomic E-state index is 12.3. The molecule has 0 fully saturated rings. The molecule has 7 nitrogen and oxygen atoms in total. The maximum atomic E-state index is 12.3. The molecule has 0 aliphatic rings. The third-order valence-electron chi connectivity index (χ3n) is 3.33. The fourth-order valence-electron chi connectivity index (χ4n) is 2.11. The van der Waals surface area contributed by atoms with Gasteiger partial charge >= 0.3 is 0 Å². The number of rotatable bonds is 5. The van der Waals surface area contributed by atoms with Crippen LogP contribution in [0.15, 0.2) is 33.1 Å². The molecule has 2 heterocycles. The van der Waals surface area contributed by atoms with E-state index >= 15 is 0 Å². The highest BCUT2D eigenvalue weighted by molar-refractivity contribution is 8.00.